The fraction of sp³-hybridized carbons (Fsp3) is 0.647. The molecular formula is C17H26FNO4. The van der Waals surface area contributed by atoms with Crippen molar-refractivity contribution in [3.05, 3.63) is 30.1 Å². The van der Waals surface area contributed by atoms with E-state index in [1.807, 2.05) is 13.8 Å². The molecule has 6 heteroatoms. The van der Waals surface area contributed by atoms with E-state index < -0.39 is 6.10 Å². The zero-order chi connectivity index (χ0) is 16.7. The van der Waals surface area contributed by atoms with Crippen molar-refractivity contribution in [1.29, 1.82) is 0 Å². The Kier molecular flexibility index (Phi) is 7.23. The maximum absolute atomic E-state index is 12.7. The predicted octanol–water partition coefficient (Wildman–Crippen LogP) is 1.69. The van der Waals surface area contributed by atoms with Gasteiger partial charge in [0.25, 0.3) is 0 Å². The summed E-state index contributed by atoms with van der Waals surface area (Å²) in [5, 5.41) is 10.0. The second-order valence-electron chi connectivity index (χ2n) is 6.01. The van der Waals surface area contributed by atoms with Gasteiger partial charge in [-0.1, -0.05) is 0 Å². The van der Waals surface area contributed by atoms with Gasteiger partial charge in [-0.05, 0) is 38.1 Å². The van der Waals surface area contributed by atoms with Gasteiger partial charge in [-0.25, -0.2) is 4.39 Å². The molecule has 0 spiro atoms. The van der Waals surface area contributed by atoms with E-state index in [-0.39, 0.29) is 24.6 Å². The number of ether oxygens (including phenoxy) is 3. The second-order valence-corrected chi connectivity index (χ2v) is 6.01. The van der Waals surface area contributed by atoms with Crippen LogP contribution in [0.3, 0.4) is 0 Å². The number of hydrogen-bond donors (Lipinski definition) is 1. The highest BCUT2D eigenvalue weighted by atomic mass is 19.1. The maximum Gasteiger partial charge on any atom is 0.123 e. The minimum Gasteiger partial charge on any atom is -0.491 e. The molecule has 0 radical (unpaired) electrons. The molecule has 0 amide bonds. The molecule has 0 bridgehead atoms. The molecule has 23 heavy (non-hydrogen) atoms. The summed E-state index contributed by atoms with van der Waals surface area (Å²) in [5.74, 6) is 0.315. The summed E-state index contributed by atoms with van der Waals surface area (Å²) in [6, 6.07) is 5.85. The minimum absolute atomic E-state index is 0.191. The standard InChI is InChI=1S/C17H26FNO4/c1-13-9-19(10-14(2)23-13)11-16(20)12-21-7-8-22-17-5-3-15(18)4-6-17/h3-6,13-14,16,20H,7-12H2,1-2H3/t13-,14-,16-/m0/s1. The molecule has 1 saturated heterocycles. The van der Waals surface area contributed by atoms with Gasteiger partial charge in [-0.15, -0.1) is 0 Å². The van der Waals surface area contributed by atoms with Crippen molar-refractivity contribution < 1.29 is 23.7 Å². The average molecular weight is 327 g/mol. The molecule has 2 rings (SSSR count). The Hall–Kier alpha value is -1.21. The molecule has 1 aliphatic heterocycles. The number of nitrogens with zero attached hydrogens (tertiary/aromatic N) is 1. The van der Waals surface area contributed by atoms with Crippen LogP contribution in [0.4, 0.5) is 4.39 Å². The van der Waals surface area contributed by atoms with Gasteiger partial charge in [0.15, 0.2) is 0 Å². The maximum atomic E-state index is 12.7. The molecule has 5 nitrogen and oxygen atoms in total. The monoisotopic (exact) mass is 327 g/mol. The number of aliphatic hydroxyl groups excluding tert-OH is 1. The first-order valence-electron chi connectivity index (χ1n) is 8.05. The molecule has 1 N–H and O–H groups in total. The summed E-state index contributed by atoms with van der Waals surface area (Å²) in [4.78, 5) is 2.20. The summed E-state index contributed by atoms with van der Waals surface area (Å²) in [6.45, 7) is 7.33. The fourth-order valence-corrected chi connectivity index (χ4v) is 2.75. The van der Waals surface area contributed by atoms with Crippen molar-refractivity contribution >= 4 is 0 Å². The highest BCUT2D eigenvalue weighted by Gasteiger charge is 2.23. The second kappa shape index (κ2) is 9.17. The van der Waals surface area contributed by atoms with E-state index in [0.717, 1.165) is 13.1 Å². The highest BCUT2D eigenvalue weighted by Crippen LogP contribution is 2.12. The normalized spacial score (nSPS) is 23.7. The third-order valence-electron chi connectivity index (χ3n) is 3.58. The van der Waals surface area contributed by atoms with Crippen LogP contribution in [0.1, 0.15) is 13.8 Å². The Balaban J connectivity index is 1.56. The number of β-amino-alcohol motifs (C(OH)–C–C–N with tert-alkyl or cyclic N) is 1. The fourth-order valence-electron chi connectivity index (χ4n) is 2.75. The van der Waals surface area contributed by atoms with Crippen molar-refractivity contribution in [2.45, 2.75) is 32.2 Å². The number of rotatable bonds is 8. The molecule has 0 aromatic heterocycles. The Bertz CT molecular complexity index is 446. The molecule has 1 aliphatic rings. The van der Waals surface area contributed by atoms with Gasteiger partial charge in [0, 0.05) is 19.6 Å². The van der Waals surface area contributed by atoms with E-state index in [9.17, 15) is 9.50 Å². The van der Waals surface area contributed by atoms with Gasteiger partial charge >= 0.3 is 0 Å². The van der Waals surface area contributed by atoms with Gasteiger partial charge in [-0.2, -0.15) is 0 Å². The highest BCUT2D eigenvalue weighted by molar-refractivity contribution is 5.21. The Labute approximate surface area is 137 Å². The lowest BCUT2D eigenvalue weighted by Gasteiger charge is -2.36. The summed E-state index contributed by atoms with van der Waals surface area (Å²) >= 11 is 0. The van der Waals surface area contributed by atoms with Gasteiger partial charge in [0.1, 0.15) is 18.2 Å². The largest absolute Gasteiger partial charge is 0.491 e. The third-order valence-corrected chi connectivity index (χ3v) is 3.58. The molecule has 130 valence electrons. The predicted molar refractivity (Wildman–Crippen MR) is 85.2 cm³/mol. The molecule has 0 aliphatic carbocycles. The number of halogens is 1. The molecular weight excluding hydrogens is 301 g/mol. The van der Waals surface area contributed by atoms with E-state index in [1.165, 1.54) is 12.1 Å². The van der Waals surface area contributed by atoms with Crippen LogP contribution in [0.15, 0.2) is 24.3 Å². The van der Waals surface area contributed by atoms with E-state index >= 15 is 0 Å². The zero-order valence-electron chi connectivity index (χ0n) is 13.8. The van der Waals surface area contributed by atoms with Crippen molar-refractivity contribution in [2.24, 2.45) is 0 Å². The zero-order valence-corrected chi connectivity index (χ0v) is 13.8. The van der Waals surface area contributed by atoms with E-state index in [0.29, 0.717) is 25.5 Å². The summed E-state index contributed by atoms with van der Waals surface area (Å²) < 4.78 is 29.3. The lowest BCUT2D eigenvalue weighted by atomic mass is 10.2. The van der Waals surface area contributed by atoms with Crippen molar-refractivity contribution in [3.8, 4) is 5.75 Å². The molecule has 0 saturated carbocycles. The number of aliphatic hydroxyl groups is 1. The molecule has 0 unspecified atom stereocenters. The Morgan fingerprint density at radius 1 is 1.22 bits per heavy atom. The van der Waals surface area contributed by atoms with Crippen LogP contribution in [0.5, 0.6) is 5.75 Å². The molecule has 1 fully saturated rings. The van der Waals surface area contributed by atoms with E-state index in [4.69, 9.17) is 14.2 Å². The van der Waals surface area contributed by atoms with E-state index in [2.05, 4.69) is 4.90 Å². The Morgan fingerprint density at radius 3 is 2.52 bits per heavy atom. The van der Waals surface area contributed by atoms with Crippen LogP contribution in [-0.2, 0) is 9.47 Å². The van der Waals surface area contributed by atoms with Gasteiger partial charge < -0.3 is 19.3 Å². The molecule has 1 heterocycles. The molecule has 1 aromatic carbocycles. The van der Waals surface area contributed by atoms with Crippen LogP contribution >= 0.6 is 0 Å². The number of benzene rings is 1. The quantitative estimate of drug-likeness (QED) is 0.737. The van der Waals surface area contributed by atoms with Crippen molar-refractivity contribution in [2.75, 3.05) is 39.5 Å². The van der Waals surface area contributed by atoms with Crippen LogP contribution < -0.4 is 4.74 Å². The van der Waals surface area contributed by atoms with E-state index in [1.54, 1.807) is 12.1 Å². The lowest BCUT2D eigenvalue weighted by molar-refractivity contribution is -0.0824. The molecule has 1 aromatic rings. The van der Waals surface area contributed by atoms with Crippen LogP contribution in [0.25, 0.3) is 0 Å². The lowest BCUT2D eigenvalue weighted by Crippen LogP contribution is -2.48. The first-order chi connectivity index (χ1) is 11.0. The van der Waals surface area contributed by atoms with Gasteiger partial charge in [0.05, 0.1) is 31.5 Å². The SMILES string of the molecule is C[C@H]1CN(C[C@H](O)COCCOc2ccc(F)cc2)C[C@H](C)O1. The summed E-state index contributed by atoms with van der Waals surface area (Å²) in [7, 11) is 0. The topological polar surface area (TPSA) is 51.2 Å². The first kappa shape index (κ1) is 18.1. The smallest absolute Gasteiger partial charge is 0.123 e. The van der Waals surface area contributed by atoms with Crippen molar-refractivity contribution in [1.82, 2.24) is 4.90 Å². The van der Waals surface area contributed by atoms with Gasteiger partial charge in [0.2, 0.25) is 0 Å². The minimum atomic E-state index is -0.529. The van der Waals surface area contributed by atoms with Crippen LogP contribution in [0.2, 0.25) is 0 Å². The Morgan fingerprint density at radius 2 is 1.87 bits per heavy atom. The van der Waals surface area contributed by atoms with Gasteiger partial charge in [-0.3, -0.25) is 4.90 Å². The van der Waals surface area contributed by atoms with Crippen LogP contribution in [-0.4, -0.2) is 67.8 Å². The number of morpholine rings is 1. The number of hydrogen-bond acceptors (Lipinski definition) is 5. The van der Waals surface area contributed by atoms with Crippen LogP contribution in [0, 0.1) is 5.82 Å². The average Bonchev–Trinajstić information content (AvgIpc) is 2.47. The van der Waals surface area contributed by atoms with Crippen molar-refractivity contribution in [3.63, 3.8) is 0 Å². The first-order valence-corrected chi connectivity index (χ1v) is 8.05. The summed E-state index contributed by atoms with van der Waals surface area (Å²) in [6.07, 6.45) is -0.148. The molecule has 3 atom stereocenters. The third kappa shape index (κ3) is 6.83. The summed E-state index contributed by atoms with van der Waals surface area (Å²) in [5.41, 5.74) is 0.